The fraction of sp³-hybridized carbons (Fsp3) is 0.267. The Morgan fingerprint density at radius 2 is 2.09 bits per heavy atom. The van der Waals surface area contributed by atoms with Crippen LogP contribution in [-0.4, -0.2) is 26.8 Å². The minimum absolute atomic E-state index is 0.255. The summed E-state index contributed by atoms with van der Waals surface area (Å²) in [5, 5.41) is 16.2. The monoisotopic (exact) mass is 321 g/mol. The lowest BCUT2D eigenvalue weighted by Gasteiger charge is -2.18. The van der Waals surface area contributed by atoms with Gasteiger partial charge in [0, 0.05) is 17.8 Å². The van der Waals surface area contributed by atoms with Gasteiger partial charge in [0.25, 0.3) is 5.91 Å². The summed E-state index contributed by atoms with van der Waals surface area (Å²) in [5.74, 6) is -1.40. The summed E-state index contributed by atoms with van der Waals surface area (Å²) in [6.07, 6.45) is 1.20. The maximum atomic E-state index is 12.4. The molecular formula is C15H16ClN3O3. The number of hydrogen-bond donors (Lipinski definition) is 2. The molecule has 0 saturated heterocycles. The number of nitrogens with one attached hydrogen (secondary N) is 1. The highest BCUT2D eigenvalue weighted by Crippen LogP contribution is 2.25. The van der Waals surface area contributed by atoms with Crippen LogP contribution in [0.3, 0.4) is 0 Å². The highest BCUT2D eigenvalue weighted by Gasteiger charge is 2.22. The molecule has 1 amide bonds. The molecule has 0 fully saturated rings. The molecule has 0 unspecified atom stereocenters. The Labute approximate surface area is 132 Å². The zero-order chi connectivity index (χ0) is 16.3. The lowest BCUT2D eigenvalue weighted by Crippen LogP contribution is -2.30. The molecule has 0 aliphatic carbocycles. The molecule has 0 saturated carbocycles. The molecule has 2 aromatic rings. The zero-order valence-corrected chi connectivity index (χ0v) is 13.0. The molecule has 0 bridgehead atoms. The van der Waals surface area contributed by atoms with Gasteiger partial charge in [-0.05, 0) is 18.6 Å². The summed E-state index contributed by atoms with van der Waals surface area (Å²) in [7, 11) is 1.73. The minimum atomic E-state index is -1.02. The van der Waals surface area contributed by atoms with Crippen LogP contribution >= 0.6 is 11.6 Å². The Balaban J connectivity index is 2.27. The molecule has 1 aromatic carbocycles. The highest BCUT2D eigenvalue weighted by atomic mass is 35.5. The van der Waals surface area contributed by atoms with E-state index >= 15 is 0 Å². The van der Waals surface area contributed by atoms with Crippen molar-refractivity contribution in [2.24, 2.45) is 7.05 Å². The summed E-state index contributed by atoms with van der Waals surface area (Å²) in [5.41, 5.74) is 1.68. The Bertz CT molecular complexity index is 712. The molecule has 22 heavy (non-hydrogen) atoms. The van der Waals surface area contributed by atoms with Gasteiger partial charge in [0.15, 0.2) is 0 Å². The first-order valence-corrected chi connectivity index (χ1v) is 7.03. The second-order valence-electron chi connectivity index (χ2n) is 4.91. The second-order valence-corrected chi connectivity index (χ2v) is 5.32. The molecule has 1 atom stereocenters. The Kier molecular flexibility index (Phi) is 4.82. The van der Waals surface area contributed by atoms with Crippen LogP contribution in [0.15, 0.2) is 30.5 Å². The Morgan fingerprint density at radius 1 is 1.41 bits per heavy atom. The van der Waals surface area contributed by atoms with Gasteiger partial charge >= 0.3 is 5.97 Å². The second kappa shape index (κ2) is 6.62. The number of carboxylic acid groups (broad SMARTS) is 1. The van der Waals surface area contributed by atoms with E-state index in [1.807, 2.05) is 0 Å². The number of halogens is 1. The highest BCUT2D eigenvalue weighted by molar-refractivity contribution is 6.31. The van der Waals surface area contributed by atoms with Crippen LogP contribution in [0, 0.1) is 6.92 Å². The van der Waals surface area contributed by atoms with Crippen molar-refractivity contribution < 1.29 is 14.7 Å². The van der Waals surface area contributed by atoms with Crippen molar-refractivity contribution in [1.82, 2.24) is 15.1 Å². The van der Waals surface area contributed by atoms with E-state index in [1.165, 1.54) is 6.20 Å². The molecule has 2 N–H and O–H groups in total. The number of hydrogen-bond acceptors (Lipinski definition) is 3. The Morgan fingerprint density at radius 3 is 2.64 bits per heavy atom. The molecule has 0 radical (unpaired) electrons. The number of carbonyl (C=O) groups excluding carboxylic acids is 1. The number of aliphatic carboxylic acids is 1. The summed E-state index contributed by atoms with van der Waals surface area (Å²) in [4.78, 5) is 23.4. The molecule has 0 aliphatic heterocycles. The molecule has 0 aliphatic rings. The van der Waals surface area contributed by atoms with Gasteiger partial charge in [-0.2, -0.15) is 5.10 Å². The molecule has 2 rings (SSSR count). The fourth-order valence-electron chi connectivity index (χ4n) is 2.13. The van der Waals surface area contributed by atoms with Crippen molar-refractivity contribution in [3.05, 3.63) is 52.3 Å². The lowest BCUT2D eigenvalue weighted by molar-refractivity contribution is -0.137. The van der Waals surface area contributed by atoms with Crippen molar-refractivity contribution in [3.63, 3.8) is 0 Å². The summed E-state index contributed by atoms with van der Waals surface area (Å²) in [6.45, 7) is 1.77. The SMILES string of the molecule is Cc1c(C(=O)N[C@@H](CC(=O)O)c2ccccc2Cl)cnn1C. The maximum Gasteiger partial charge on any atom is 0.305 e. The van der Waals surface area contributed by atoms with E-state index in [0.717, 1.165) is 0 Å². The largest absolute Gasteiger partial charge is 0.481 e. The topological polar surface area (TPSA) is 84.2 Å². The quantitative estimate of drug-likeness (QED) is 0.885. The minimum Gasteiger partial charge on any atom is -0.481 e. The molecular weight excluding hydrogens is 306 g/mol. The first kappa shape index (κ1) is 16.0. The van der Waals surface area contributed by atoms with Gasteiger partial charge in [-0.1, -0.05) is 29.8 Å². The van der Waals surface area contributed by atoms with Gasteiger partial charge in [-0.15, -0.1) is 0 Å². The van der Waals surface area contributed by atoms with E-state index in [2.05, 4.69) is 10.4 Å². The summed E-state index contributed by atoms with van der Waals surface area (Å²) >= 11 is 6.11. The van der Waals surface area contributed by atoms with Gasteiger partial charge < -0.3 is 10.4 Å². The van der Waals surface area contributed by atoms with E-state index in [9.17, 15) is 9.59 Å². The van der Waals surface area contributed by atoms with Crippen LogP contribution in [0.5, 0.6) is 0 Å². The standard InChI is InChI=1S/C15H16ClN3O3/c1-9-11(8-17-19(9)2)15(22)18-13(7-14(20)21)10-5-3-4-6-12(10)16/h3-6,8,13H,7H2,1-2H3,(H,18,22)(H,20,21)/t13-/m0/s1. The smallest absolute Gasteiger partial charge is 0.305 e. The van der Waals surface area contributed by atoms with Crippen LogP contribution < -0.4 is 5.32 Å². The van der Waals surface area contributed by atoms with Crippen molar-refractivity contribution in [2.45, 2.75) is 19.4 Å². The van der Waals surface area contributed by atoms with E-state index in [4.69, 9.17) is 16.7 Å². The normalized spacial score (nSPS) is 12.0. The number of amides is 1. The molecule has 7 heteroatoms. The van der Waals surface area contributed by atoms with Crippen molar-refractivity contribution >= 4 is 23.5 Å². The van der Waals surface area contributed by atoms with Crippen molar-refractivity contribution in [2.75, 3.05) is 0 Å². The van der Waals surface area contributed by atoms with Gasteiger partial charge in [0.2, 0.25) is 0 Å². The predicted octanol–water partition coefficient (Wildman–Crippen LogP) is 2.33. The first-order chi connectivity index (χ1) is 10.4. The third-order valence-corrected chi connectivity index (χ3v) is 3.79. The fourth-order valence-corrected chi connectivity index (χ4v) is 2.40. The average Bonchev–Trinajstić information content (AvgIpc) is 2.78. The van der Waals surface area contributed by atoms with Crippen LogP contribution in [0.1, 0.15) is 34.1 Å². The number of rotatable bonds is 5. The average molecular weight is 322 g/mol. The number of carboxylic acids is 1. The summed E-state index contributed by atoms with van der Waals surface area (Å²) < 4.78 is 1.58. The van der Waals surface area contributed by atoms with Crippen LogP contribution in [0.2, 0.25) is 5.02 Å². The third kappa shape index (κ3) is 3.46. The van der Waals surface area contributed by atoms with Gasteiger partial charge in [0.05, 0.1) is 24.2 Å². The number of nitrogens with zero attached hydrogens (tertiary/aromatic N) is 2. The molecule has 0 spiro atoms. The van der Waals surface area contributed by atoms with Gasteiger partial charge in [0.1, 0.15) is 0 Å². The van der Waals surface area contributed by atoms with Crippen LogP contribution in [0.25, 0.3) is 0 Å². The summed E-state index contributed by atoms with van der Waals surface area (Å²) in [6, 6.07) is 6.15. The van der Waals surface area contributed by atoms with Crippen molar-refractivity contribution in [1.29, 1.82) is 0 Å². The van der Waals surface area contributed by atoms with E-state index in [0.29, 0.717) is 21.8 Å². The first-order valence-electron chi connectivity index (χ1n) is 6.66. The maximum absolute atomic E-state index is 12.4. The molecule has 6 nitrogen and oxygen atoms in total. The predicted molar refractivity (Wildman–Crippen MR) is 81.9 cm³/mol. The molecule has 1 heterocycles. The van der Waals surface area contributed by atoms with Gasteiger partial charge in [-0.3, -0.25) is 14.3 Å². The molecule has 1 aromatic heterocycles. The van der Waals surface area contributed by atoms with Crippen LogP contribution in [0.4, 0.5) is 0 Å². The molecule has 116 valence electrons. The van der Waals surface area contributed by atoms with E-state index < -0.39 is 12.0 Å². The van der Waals surface area contributed by atoms with E-state index in [-0.39, 0.29) is 12.3 Å². The Hall–Kier alpha value is -2.34. The number of aromatic nitrogens is 2. The third-order valence-electron chi connectivity index (χ3n) is 3.44. The van der Waals surface area contributed by atoms with Crippen molar-refractivity contribution in [3.8, 4) is 0 Å². The number of aryl methyl sites for hydroxylation is 1. The number of benzene rings is 1. The lowest BCUT2D eigenvalue weighted by atomic mass is 10.0. The zero-order valence-electron chi connectivity index (χ0n) is 12.2. The van der Waals surface area contributed by atoms with Crippen LogP contribution in [-0.2, 0) is 11.8 Å². The number of carbonyl (C=O) groups is 2. The van der Waals surface area contributed by atoms with Gasteiger partial charge in [-0.25, -0.2) is 0 Å². The van der Waals surface area contributed by atoms with E-state index in [1.54, 1.807) is 42.9 Å².